The van der Waals surface area contributed by atoms with Gasteiger partial charge in [-0.2, -0.15) is 0 Å². The quantitative estimate of drug-likeness (QED) is 0.624. The van der Waals surface area contributed by atoms with Gasteiger partial charge in [0.25, 0.3) is 5.69 Å². The normalized spacial score (nSPS) is 22.6. The lowest BCUT2D eigenvalue weighted by atomic mass is 10.1. The number of ether oxygens (including phenoxy) is 1. The van der Waals surface area contributed by atoms with E-state index in [1.807, 2.05) is 13.8 Å². The molecule has 0 radical (unpaired) electrons. The highest BCUT2D eigenvalue weighted by atomic mass is 16.6. The Labute approximate surface area is 117 Å². The summed E-state index contributed by atoms with van der Waals surface area (Å²) in [7, 11) is 0. The summed E-state index contributed by atoms with van der Waals surface area (Å²) in [4.78, 5) is 24.1. The number of hydrogen-bond acceptors (Lipinski definition) is 4. The molecular weight excluding hydrogens is 260 g/mol. The van der Waals surface area contributed by atoms with Crippen molar-refractivity contribution in [3.63, 3.8) is 0 Å². The van der Waals surface area contributed by atoms with Crippen molar-refractivity contribution >= 4 is 11.6 Å². The van der Waals surface area contributed by atoms with Crippen LogP contribution >= 0.6 is 0 Å². The molecule has 1 fully saturated rings. The summed E-state index contributed by atoms with van der Waals surface area (Å²) in [6.45, 7) is 5.08. The lowest BCUT2D eigenvalue weighted by Crippen LogP contribution is -2.48. The Morgan fingerprint density at radius 1 is 1.30 bits per heavy atom. The van der Waals surface area contributed by atoms with Crippen LogP contribution in [0.1, 0.15) is 19.4 Å². The van der Waals surface area contributed by atoms with Gasteiger partial charge in [0.15, 0.2) is 0 Å². The lowest BCUT2D eigenvalue weighted by molar-refractivity contribution is -0.384. The number of amides is 1. The van der Waals surface area contributed by atoms with E-state index >= 15 is 0 Å². The summed E-state index contributed by atoms with van der Waals surface area (Å²) in [6, 6.07) is 6.10. The fourth-order valence-corrected chi connectivity index (χ4v) is 2.40. The third kappa shape index (κ3) is 3.54. The van der Waals surface area contributed by atoms with Crippen molar-refractivity contribution in [2.75, 3.05) is 13.1 Å². The second-order valence-electron chi connectivity index (χ2n) is 5.16. The van der Waals surface area contributed by atoms with E-state index in [1.165, 1.54) is 12.1 Å². The highest BCUT2D eigenvalue weighted by molar-refractivity contribution is 5.79. The van der Waals surface area contributed by atoms with Gasteiger partial charge in [-0.25, -0.2) is 0 Å². The van der Waals surface area contributed by atoms with Gasteiger partial charge in [-0.15, -0.1) is 0 Å². The topological polar surface area (TPSA) is 72.7 Å². The average molecular weight is 278 g/mol. The molecule has 0 aromatic heterocycles. The number of nitro groups is 1. The fourth-order valence-electron chi connectivity index (χ4n) is 2.40. The van der Waals surface area contributed by atoms with Gasteiger partial charge in [0, 0.05) is 25.2 Å². The minimum absolute atomic E-state index is 0.0286. The molecule has 2 unspecified atom stereocenters. The first-order chi connectivity index (χ1) is 9.45. The van der Waals surface area contributed by atoms with Crippen molar-refractivity contribution in [3.05, 3.63) is 39.9 Å². The Morgan fingerprint density at radius 2 is 1.85 bits per heavy atom. The van der Waals surface area contributed by atoms with Gasteiger partial charge in [-0.05, 0) is 19.4 Å². The number of rotatable bonds is 3. The summed E-state index contributed by atoms with van der Waals surface area (Å²) in [5, 5.41) is 10.6. The van der Waals surface area contributed by atoms with Crippen LogP contribution in [0.5, 0.6) is 0 Å². The molecule has 0 saturated carbocycles. The van der Waals surface area contributed by atoms with Crippen LogP contribution in [0.4, 0.5) is 5.69 Å². The molecule has 1 aliphatic heterocycles. The first-order valence-corrected chi connectivity index (χ1v) is 6.62. The van der Waals surface area contributed by atoms with Crippen LogP contribution in [0, 0.1) is 10.1 Å². The largest absolute Gasteiger partial charge is 0.372 e. The van der Waals surface area contributed by atoms with E-state index in [4.69, 9.17) is 4.74 Å². The maximum atomic E-state index is 12.2. The molecule has 0 N–H and O–H groups in total. The highest BCUT2D eigenvalue weighted by Gasteiger charge is 2.25. The first-order valence-electron chi connectivity index (χ1n) is 6.62. The molecule has 1 aromatic rings. The van der Waals surface area contributed by atoms with Gasteiger partial charge in [-0.3, -0.25) is 14.9 Å². The first kappa shape index (κ1) is 14.5. The van der Waals surface area contributed by atoms with E-state index < -0.39 is 4.92 Å². The predicted molar refractivity (Wildman–Crippen MR) is 73.4 cm³/mol. The lowest BCUT2D eigenvalue weighted by Gasteiger charge is -2.35. The van der Waals surface area contributed by atoms with Gasteiger partial charge >= 0.3 is 0 Å². The molecule has 6 heteroatoms. The number of non-ortho nitro benzene ring substituents is 1. The number of nitro benzene ring substituents is 1. The SMILES string of the molecule is CC1CN(C(=O)Cc2ccc([N+](=O)[O-])cc2)CC(C)O1. The molecular formula is C14H18N2O4. The number of morpholine rings is 1. The van der Waals surface area contributed by atoms with Crippen molar-refractivity contribution in [2.45, 2.75) is 32.5 Å². The van der Waals surface area contributed by atoms with Gasteiger partial charge in [-0.1, -0.05) is 12.1 Å². The molecule has 2 atom stereocenters. The van der Waals surface area contributed by atoms with Crippen LogP contribution in [0.3, 0.4) is 0 Å². The molecule has 1 aliphatic rings. The van der Waals surface area contributed by atoms with Gasteiger partial charge in [0.2, 0.25) is 5.91 Å². The zero-order chi connectivity index (χ0) is 14.7. The second kappa shape index (κ2) is 6.00. The van der Waals surface area contributed by atoms with Gasteiger partial charge < -0.3 is 9.64 Å². The molecule has 20 heavy (non-hydrogen) atoms. The molecule has 1 amide bonds. The number of benzene rings is 1. The monoisotopic (exact) mass is 278 g/mol. The number of carbonyl (C=O) groups is 1. The van der Waals surface area contributed by atoms with Crippen LogP contribution in [-0.4, -0.2) is 41.0 Å². The average Bonchev–Trinajstić information content (AvgIpc) is 2.38. The van der Waals surface area contributed by atoms with Crippen molar-refractivity contribution < 1.29 is 14.5 Å². The molecule has 0 spiro atoms. The third-order valence-electron chi connectivity index (χ3n) is 3.27. The molecule has 1 saturated heterocycles. The molecule has 2 rings (SSSR count). The Kier molecular flexibility index (Phi) is 4.34. The van der Waals surface area contributed by atoms with E-state index in [2.05, 4.69) is 0 Å². The summed E-state index contributed by atoms with van der Waals surface area (Å²) in [6.07, 6.45) is 0.344. The third-order valence-corrected chi connectivity index (χ3v) is 3.27. The minimum Gasteiger partial charge on any atom is -0.372 e. The summed E-state index contributed by atoms with van der Waals surface area (Å²) < 4.78 is 5.59. The number of hydrogen-bond donors (Lipinski definition) is 0. The predicted octanol–water partition coefficient (Wildman–Crippen LogP) is 1.77. The van der Waals surface area contributed by atoms with Crippen molar-refractivity contribution in [3.8, 4) is 0 Å². The van der Waals surface area contributed by atoms with Crippen molar-refractivity contribution in [2.24, 2.45) is 0 Å². The maximum absolute atomic E-state index is 12.2. The molecule has 6 nitrogen and oxygen atoms in total. The number of carbonyl (C=O) groups excluding carboxylic acids is 1. The highest BCUT2D eigenvalue weighted by Crippen LogP contribution is 2.15. The molecule has 0 bridgehead atoms. The Balaban J connectivity index is 1.98. The van der Waals surface area contributed by atoms with Crippen molar-refractivity contribution in [1.29, 1.82) is 0 Å². The molecule has 0 aliphatic carbocycles. The van der Waals surface area contributed by atoms with E-state index in [0.717, 1.165) is 5.56 Å². The van der Waals surface area contributed by atoms with Crippen LogP contribution in [-0.2, 0) is 16.0 Å². The van der Waals surface area contributed by atoms with E-state index in [1.54, 1.807) is 17.0 Å². The van der Waals surface area contributed by atoms with Gasteiger partial charge in [0.05, 0.1) is 23.6 Å². The van der Waals surface area contributed by atoms with E-state index in [0.29, 0.717) is 13.1 Å². The maximum Gasteiger partial charge on any atom is 0.269 e. The summed E-state index contributed by atoms with van der Waals surface area (Å²) >= 11 is 0. The van der Waals surface area contributed by atoms with E-state index in [9.17, 15) is 14.9 Å². The molecule has 1 heterocycles. The molecule has 1 aromatic carbocycles. The second-order valence-corrected chi connectivity index (χ2v) is 5.16. The zero-order valence-corrected chi connectivity index (χ0v) is 11.6. The summed E-state index contributed by atoms with van der Waals surface area (Å²) in [5.41, 5.74) is 0.821. The Bertz CT molecular complexity index is 490. The van der Waals surface area contributed by atoms with Crippen LogP contribution in [0.25, 0.3) is 0 Å². The van der Waals surface area contributed by atoms with Gasteiger partial charge in [0.1, 0.15) is 0 Å². The Morgan fingerprint density at radius 3 is 2.35 bits per heavy atom. The fraction of sp³-hybridized carbons (Fsp3) is 0.500. The number of nitrogens with zero attached hydrogens (tertiary/aromatic N) is 2. The van der Waals surface area contributed by atoms with E-state index in [-0.39, 0.29) is 30.2 Å². The zero-order valence-electron chi connectivity index (χ0n) is 11.6. The van der Waals surface area contributed by atoms with Crippen LogP contribution in [0.15, 0.2) is 24.3 Å². The Hall–Kier alpha value is -1.95. The molecule has 108 valence electrons. The minimum atomic E-state index is -0.447. The smallest absolute Gasteiger partial charge is 0.269 e. The van der Waals surface area contributed by atoms with Crippen LogP contribution in [0.2, 0.25) is 0 Å². The standard InChI is InChI=1S/C14H18N2O4/c1-10-8-15(9-11(2)20-10)14(17)7-12-3-5-13(6-4-12)16(18)19/h3-6,10-11H,7-9H2,1-2H3. The van der Waals surface area contributed by atoms with Crippen molar-refractivity contribution in [1.82, 2.24) is 4.90 Å². The van der Waals surface area contributed by atoms with Crippen LogP contribution < -0.4 is 0 Å². The summed E-state index contributed by atoms with van der Waals surface area (Å²) in [5.74, 6) is 0.0286.